The quantitative estimate of drug-likeness (QED) is 0.943. The van der Waals surface area contributed by atoms with Crippen LogP contribution in [0.1, 0.15) is 17.5 Å². The zero-order valence-electron chi connectivity index (χ0n) is 13.1. The van der Waals surface area contributed by atoms with Gasteiger partial charge in [0.05, 0.1) is 19.3 Å². The Morgan fingerprint density at radius 3 is 2.52 bits per heavy atom. The molecule has 3 nitrogen and oxygen atoms in total. The lowest BCUT2D eigenvalue weighted by Crippen LogP contribution is -2.53. The molecule has 2 heterocycles. The molecule has 0 aliphatic carbocycles. The number of phenols is 1. The van der Waals surface area contributed by atoms with Crippen molar-refractivity contribution in [1.29, 1.82) is 0 Å². The minimum atomic E-state index is 0.319. The summed E-state index contributed by atoms with van der Waals surface area (Å²) in [6.07, 6.45) is 3.33. The Labute approximate surface area is 136 Å². The number of hydrogen-bond donors (Lipinski definition) is 1. The van der Waals surface area contributed by atoms with Crippen molar-refractivity contribution in [3.63, 3.8) is 0 Å². The number of benzene rings is 2. The molecule has 2 bridgehead atoms. The summed E-state index contributed by atoms with van der Waals surface area (Å²) in [5.74, 6) is 0.319. The summed E-state index contributed by atoms with van der Waals surface area (Å²) in [7, 11) is 0. The van der Waals surface area contributed by atoms with Gasteiger partial charge in [0.15, 0.2) is 0 Å². The normalized spacial score (nSPS) is 24.3. The molecular weight excluding hydrogens is 286 g/mol. The molecule has 2 aliphatic heterocycles. The minimum absolute atomic E-state index is 0.319. The van der Waals surface area contributed by atoms with Gasteiger partial charge in [-0.2, -0.15) is 0 Å². The summed E-state index contributed by atoms with van der Waals surface area (Å²) in [6, 6.07) is 18.9. The number of phenolic OH excluding ortho intramolecular Hbond substituents is 1. The second-order valence-corrected chi connectivity index (χ2v) is 6.36. The fourth-order valence-corrected chi connectivity index (χ4v) is 3.59. The topological polar surface area (TPSA) is 32.7 Å². The summed E-state index contributed by atoms with van der Waals surface area (Å²) in [5, 5.41) is 9.47. The first-order valence-corrected chi connectivity index (χ1v) is 8.17. The van der Waals surface area contributed by atoms with Gasteiger partial charge < -0.3 is 9.84 Å². The largest absolute Gasteiger partial charge is 0.508 e. The SMILES string of the molecule is Oc1ccc(C2=CC3COCC(C2)N3Cc2ccccc2)cc1. The number of hydrogen-bond acceptors (Lipinski definition) is 3. The van der Waals surface area contributed by atoms with Crippen LogP contribution in [0.4, 0.5) is 0 Å². The first kappa shape index (κ1) is 14.5. The Morgan fingerprint density at radius 1 is 1.00 bits per heavy atom. The van der Waals surface area contributed by atoms with E-state index in [1.165, 1.54) is 16.7 Å². The van der Waals surface area contributed by atoms with Gasteiger partial charge in [-0.1, -0.05) is 48.5 Å². The van der Waals surface area contributed by atoms with E-state index in [0.717, 1.165) is 26.2 Å². The van der Waals surface area contributed by atoms with Crippen LogP contribution in [-0.2, 0) is 11.3 Å². The van der Waals surface area contributed by atoms with Gasteiger partial charge in [0.2, 0.25) is 0 Å². The van der Waals surface area contributed by atoms with Gasteiger partial charge in [-0.15, -0.1) is 0 Å². The number of aromatic hydroxyl groups is 1. The molecule has 3 heteroatoms. The second kappa shape index (κ2) is 6.19. The summed E-state index contributed by atoms with van der Waals surface area (Å²) < 4.78 is 5.78. The van der Waals surface area contributed by atoms with Crippen molar-refractivity contribution in [3.05, 3.63) is 71.8 Å². The van der Waals surface area contributed by atoms with Gasteiger partial charge in [0.25, 0.3) is 0 Å². The zero-order valence-corrected chi connectivity index (χ0v) is 13.1. The van der Waals surface area contributed by atoms with Gasteiger partial charge in [-0.05, 0) is 35.3 Å². The van der Waals surface area contributed by atoms with Crippen molar-refractivity contribution in [3.8, 4) is 5.75 Å². The Bertz CT molecular complexity index is 693. The van der Waals surface area contributed by atoms with Crippen LogP contribution in [-0.4, -0.2) is 35.3 Å². The van der Waals surface area contributed by atoms with Crippen molar-refractivity contribution in [1.82, 2.24) is 4.90 Å². The molecule has 23 heavy (non-hydrogen) atoms. The molecule has 118 valence electrons. The van der Waals surface area contributed by atoms with E-state index in [4.69, 9.17) is 4.74 Å². The van der Waals surface area contributed by atoms with Gasteiger partial charge in [-0.3, -0.25) is 4.90 Å². The van der Waals surface area contributed by atoms with E-state index in [9.17, 15) is 5.11 Å². The molecular formula is C20H21NO2. The molecule has 0 radical (unpaired) electrons. The average molecular weight is 307 g/mol. The highest BCUT2D eigenvalue weighted by Gasteiger charge is 2.34. The third kappa shape index (κ3) is 3.03. The fraction of sp³-hybridized carbons (Fsp3) is 0.300. The molecule has 0 spiro atoms. The minimum Gasteiger partial charge on any atom is -0.508 e. The molecule has 2 aromatic carbocycles. The lowest BCUT2D eigenvalue weighted by Gasteiger charge is -2.44. The van der Waals surface area contributed by atoms with Crippen LogP contribution in [0.2, 0.25) is 0 Å². The Balaban J connectivity index is 1.59. The standard InChI is InChI=1S/C20H21NO2/c22-20-8-6-16(7-9-20)17-10-18-13-23-14-19(11-17)21(18)12-15-4-2-1-3-5-15/h1-10,18-19,22H,11-14H2. The van der Waals surface area contributed by atoms with Gasteiger partial charge >= 0.3 is 0 Å². The molecule has 1 N–H and O–H groups in total. The molecule has 4 rings (SSSR count). The highest BCUT2D eigenvalue weighted by atomic mass is 16.5. The Kier molecular flexibility index (Phi) is 3.90. The molecule has 0 aromatic heterocycles. The summed E-state index contributed by atoms with van der Waals surface area (Å²) >= 11 is 0. The highest BCUT2D eigenvalue weighted by molar-refractivity contribution is 5.68. The summed E-state index contributed by atoms with van der Waals surface area (Å²) in [5.41, 5.74) is 3.93. The highest BCUT2D eigenvalue weighted by Crippen LogP contribution is 2.33. The molecule has 2 aliphatic rings. The average Bonchev–Trinajstić information content (AvgIpc) is 2.56. The van der Waals surface area contributed by atoms with Crippen molar-refractivity contribution < 1.29 is 9.84 Å². The first-order valence-electron chi connectivity index (χ1n) is 8.17. The van der Waals surface area contributed by atoms with E-state index in [1.807, 2.05) is 12.1 Å². The van der Waals surface area contributed by atoms with Crippen molar-refractivity contribution in [2.45, 2.75) is 25.0 Å². The monoisotopic (exact) mass is 307 g/mol. The lowest BCUT2D eigenvalue weighted by atomic mass is 9.89. The maximum absolute atomic E-state index is 9.47. The van der Waals surface area contributed by atoms with Crippen LogP contribution in [0.25, 0.3) is 5.57 Å². The maximum Gasteiger partial charge on any atom is 0.115 e. The Morgan fingerprint density at radius 2 is 1.78 bits per heavy atom. The lowest BCUT2D eigenvalue weighted by molar-refractivity contribution is -0.0402. The van der Waals surface area contributed by atoms with Crippen LogP contribution in [0.3, 0.4) is 0 Å². The van der Waals surface area contributed by atoms with Crippen LogP contribution in [0, 0.1) is 0 Å². The predicted molar refractivity (Wildman–Crippen MR) is 91.1 cm³/mol. The number of morpholine rings is 1. The third-order valence-corrected chi connectivity index (χ3v) is 4.79. The van der Waals surface area contributed by atoms with Crippen molar-refractivity contribution in [2.75, 3.05) is 13.2 Å². The van der Waals surface area contributed by atoms with Crippen LogP contribution in [0.5, 0.6) is 5.75 Å². The van der Waals surface area contributed by atoms with E-state index in [0.29, 0.717) is 17.8 Å². The van der Waals surface area contributed by atoms with Gasteiger partial charge in [0.1, 0.15) is 5.75 Å². The number of fused-ring (bicyclic) bond motifs is 2. The maximum atomic E-state index is 9.47. The number of ether oxygens (including phenoxy) is 1. The van der Waals surface area contributed by atoms with E-state index in [-0.39, 0.29) is 0 Å². The molecule has 0 saturated carbocycles. The van der Waals surface area contributed by atoms with Crippen LogP contribution in [0.15, 0.2) is 60.7 Å². The molecule has 2 unspecified atom stereocenters. The third-order valence-electron chi connectivity index (χ3n) is 4.79. The van der Waals surface area contributed by atoms with Crippen molar-refractivity contribution >= 4 is 5.57 Å². The summed E-state index contributed by atoms with van der Waals surface area (Å²) in [6.45, 7) is 2.52. The van der Waals surface area contributed by atoms with E-state index < -0.39 is 0 Å². The smallest absolute Gasteiger partial charge is 0.115 e. The van der Waals surface area contributed by atoms with Crippen molar-refractivity contribution in [2.24, 2.45) is 0 Å². The number of nitrogens with zero attached hydrogens (tertiary/aromatic N) is 1. The fourth-order valence-electron chi connectivity index (χ4n) is 3.59. The van der Waals surface area contributed by atoms with Gasteiger partial charge in [-0.25, -0.2) is 0 Å². The number of rotatable bonds is 3. The van der Waals surface area contributed by atoms with Gasteiger partial charge in [0, 0.05) is 12.6 Å². The first-order chi connectivity index (χ1) is 11.3. The zero-order chi connectivity index (χ0) is 15.6. The van der Waals surface area contributed by atoms with Crippen LogP contribution >= 0.6 is 0 Å². The molecule has 2 atom stereocenters. The summed E-state index contributed by atoms with van der Waals surface area (Å²) in [4.78, 5) is 2.56. The van der Waals surface area contributed by atoms with E-state index in [2.05, 4.69) is 41.3 Å². The molecule has 1 fully saturated rings. The molecule has 1 saturated heterocycles. The predicted octanol–water partition coefficient (Wildman–Crippen LogP) is 3.45. The van der Waals surface area contributed by atoms with E-state index in [1.54, 1.807) is 12.1 Å². The Hall–Kier alpha value is -2.10. The van der Waals surface area contributed by atoms with E-state index >= 15 is 0 Å². The molecule has 0 amide bonds. The molecule has 2 aromatic rings. The van der Waals surface area contributed by atoms with Crippen LogP contribution < -0.4 is 0 Å². The second-order valence-electron chi connectivity index (χ2n) is 6.36.